The first-order valence-electron chi connectivity index (χ1n) is 6.95. The number of pyridine rings is 1. The van der Waals surface area contributed by atoms with Crippen molar-refractivity contribution in [2.75, 3.05) is 17.7 Å². The molecular weight excluding hydrogens is 266 g/mol. The van der Waals surface area contributed by atoms with Gasteiger partial charge in [0.05, 0.1) is 12.3 Å². The Morgan fingerprint density at radius 2 is 2.05 bits per heavy atom. The lowest BCUT2D eigenvalue weighted by molar-refractivity contribution is 0.102. The number of anilines is 2. The molecule has 1 heterocycles. The van der Waals surface area contributed by atoms with E-state index < -0.39 is 0 Å². The second-order valence-corrected chi connectivity index (χ2v) is 4.62. The molecule has 5 heteroatoms. The zero-order valence-electron chi connectivity index (χ0n) is 12.0. The number of ether oxygens (including phenoxy) is 1. The summed E-state index contributed by atoms with van der Waals surface area (Å²) in [7, 11) is 0. The van der Waals surface area contributed by atoms with Crippen LogP contribution in [0.25, 0.3) is 0 Å². The molecule has 1 aromatic carbocycles. The number of hydrogen-bond acceptors (Lipinski definition) is 4. The highest BCUT2D eigenvalue weighted by Crippen LogP contribution is 2.16. The summed E-state index contributed by atoms with van der Waals surface area (Å²) in [6.45, 7) is 2.80. The molecule has 0 atom stereocenters. The maximum absolute atomic E-state index is 12.1. The van der Waals surface area contributed by atoms with Crippen molar-refractivity contribution in [2.45, 2.75) is 19.8 Å². The fourth-order valence-corrected chi connectivity index (χ4v) is 1.74. The lowest BCUT2D eigenvalue weighted by Gasteiger charge is -2.08. The first-order chi connectivity index (χ1) is 10.2. The van der Waals surface area contributed by atoms with Crippen molar-refractivity contribution in [2.24, 2.45) is 0 Å². The number of hydrogen-bond donors (Lipinski definition) is 2. The summed E-state index contributed by atoms with van der Waals surface area (Å²) in [4.78, 5) is 16.1. The van der Waals surface area contributed by atoms with E-state index in [1.165, 1.54) is 0 Å². The van der Waals surface area contributed by atoms with Gasteiger partial charge in [-0.2, -0.15) is 0 Å². The Bertz CT molecular complexity index is 597. The van der Waals surface area contributed by atoms with Crippen LogP contribution < -0.4 is 15.8 Å². The summed E-state index contributed by atoms with van der Waals surface area (Å²) in [5.74, 6) is 0.878. The van der Waals surface area contributed by atoms with Crippen LogP contribution in [0, 0.1) is 0 Å². The molecular formula is C16H19N3O2. The number of nitrogen functional groups attached to an aromatic ring is 1. The maximum Gasteiger partial charge on any atom is 0.256 e. The molecule has 1 amide bonds. The van der Waals surface area contributed by atoms with Gasteiger partial charge in [0.2, 0.25) is 0 Å². The van der Waals surface area contributed by atoms with Crippen molar-refractivity contribution in [3.8, 4) is 5.75 Å². The Labute approximate surface area is 124 Å². The molecule has 2 aromatic rings. The molecule has 0 saturated carbocycles. The van der Waals surface area contributed by atoms with Crippen molar-refractivity contribution in [1.82, 2.24) is 4.98 Å². The number of unbranched alkanes of at least 4 members (excludes halogenated alkanes) is 1. The lowest BCUT2D eigenvalue weighted by Crippen LogP contribution is -2.14. The van der Waals surface area contributed by atoms with Gasteiger partial charge in [-0.3, -0.25) is 4.79 Å². The van der Waals surface area contributed by atoms with E-state index in [0.717, 1.165) is 18.6 Å². The Morgan fingerprint density at radius 3 is 2.71 bits per heavy atom. The van der Waals surface area contributed by atoms with Crippen LogP contribution in [-0.4, -0.2) is 17.5 Å². The van der Waals surface area contributed by atoms with Crippen molar-refractivity contribution in [3.63, 3.8) is 0 Å². The molecule has 0 aliphatic rings. The minimum Gasteiger partial charge on any atom is -0.494 e. The van der Waals surface area contributed by atoms with Gasteiger partial charge in [0.25, 0.3) is 5.91 Å². The van der Waals surface area contributed by atoms with Crippen LogP contribution in [0.2, 0.25) is 0 Å². The molecule has 0 unspecified atom stereocenters. The Kier molecular flexibility index (Phi) is 5.15. The van der Waals surface area contributed by atoms with Crippen LogP contribution >= 0.6 is 0 Å². The second-order valence-electron chi connectivity index (χ2n) is 4.62. The minimum absolute atomic E-state index is 0.250. The largest absolute Gasteiger partial charge is 0.494 e. The van der Waals surface area contributed by atoms with Crippen molar-refractivity contribution < 1.29 is 9.53 Å². The van der Waals surface area contributed by atoms with E-state index in [9.17, 15) is 4.79 Å². The van der Waals surface area contributed by atoms with Gasteiger partial charge in [-0.25, -0.2) is 4.98 Å². The predicted octanol–water partition coefficient (Wildman–Crippen LogP) is 3.10. The summed E-state index contributed by atoms with van der Waals surface area (Å²) in [6.07, 6.45) is 3.68. The van der Waals surface area contributed by atoms with Crippen LogP contribution in [-0.2, 0) is 0 Å². The third-order valence-electron chi connectivity index (χ3n) is 2.95. The zero-order chi connectivity index (χ0) is 15.1. The number of carbonyl (C=O) groups excluding carboxylic acids is 1. The average Bonchev–Trinajstić information content (AvgIpc) is 2.50. The highest BCUT2D eigenvalue weighted by molar-refractivity contribution is 6.05. The Balaban J connectivity index is 1.98. The quantitative estimate of drug-likeness (QED) is 0.799. The van der Waals surface area contributed by atoms with E-state index in [1.807, 2.05) is 0 Å². The van der Waals surface area contributed by atoms with Gasteiger partial charge >= 0.3 is 0 Å². The molecule has 0 fully saturated rings. The number of nitrogens with two attached hydrogens (primary N) is 1. The molecule has 110 valence electrons. The van der Waals surface area contributed by atoms with E-state index in [4.69, 9.17) is 10.5 Å². The number of nitrogens with zero attached hydrogens (tertiary/aromatic N) is 1. The number of amides is 1. The highest BCUT2D eigenvalue weighted by atomic mass is 16.5. The molecule has 21 heavy (non-hydrogen) atoms. The van der Waals surface area contributed by atoms with E-state index in [1.54, 1.807) is 42.6 Å². The summed E-state index contributed by atoms with van der Waals surface area (Å²) in [6, 6.07) is 10.4. The first kappa shape index (κ1) is 14.8. The first-order valence-corrected chi connectivity index (χ1v) is 6.95. The van der Waals surface area contributed by atoms with Gasteiger partial charge in [-0.1, -0.05) is 13.3 Å². The second kappa shape index (κ2) is 7.28. The molecule has 0 spiro atoms. The molecule has 0 bridgehead atoms. The molecule has 3 N–H and O–H groups in total. The third-order valence-corrected chi connectivity index (χ3v) is 2.95. The van der Waals surface area contributed by atoms with Crippen LogP contribution in [0.15, 0.2) is 42.6 Å². The van der Waals surface area contributed by atoms with Gasteiger partial charge in [-0.15, -0.1) is 0 Å². The van der Waals surface area contributed by atoms with Gasteiger partial charge < -0.3 is 15.8 Å². The Morgan fingerprint density at radius 1 is 1.29 bits per heavy atom. The van der Waals surface area contributed by atoms with Gasteiger partial charge in [0.1, 0.15) is 5.75 Å². The van der Waals surface area contributed by atoms with E-state index in [2.05, 4.69) is 17.2 Å². The summed E-state index contributed by atoms with van der Waals surface area (Å²) < 4.78 is 5.55. The number of rotatable bonds is 6. The van der Waals surface area contributed by atoms with E-state index in [-0.39, 0.29) is 5.91 Å². The molecule has 0 aliphatic carbocycles. The van der Waals surface area contributed by atoms with Crippen molar-refractivity contribution >= 4 is 17.4 Å². The van der Waals surface area contributed by atoms with Crippen molar-refractivity contribution in [3.05, 3.63) is 48.2 Å². The molecule has 1 aromatic heterocycles. The fraction of sp³-hybridized carbons (Fsp3) is 0.250. The molecule has 0 aliphatic heterocycles. The van der Waals surface area contributed by atoms with Gasteiger partial charge in [0, 0.05) is 11.8 Å². The Hall–Kier alpha value is -2.56. The summed E-state index contributed by atoms with van der Waals surface area (Å²) in [5.41, 5.74) is 6.71. The SMILES string of the molecule is CCCCOc1ccc(C(=O)Nc2ncccc2N)cc1. The zero-order valence-corrected chi connectivity index (χ0v) is 12.0. The van der Waals surface area contributed by atoms with Gasteiger partial charge in [-0.05, 0) is 42.8 Å². The standard InChI is InChI=1S/C16H19N3O2/c1-2-3-11-21-13-8-6-12(7-9-13)16(20)19-15-14(17)5-4-10-18-15/h4-10H,2-3,11,17H2,1H3,(H,18,19,20). The monoisotopic (exact) mass is 285 g/mol. The summed E-state index contributed by atoms with van der Waals surface area (Å²) in [5, 5.41) is 2.68. The van der Waals surface area contributed by atoms with E-state index in [0.29, 0.717) is 23.7 Å². The van der Waals surface area contributed by atoms with Gasteiger partial charge in [0.15, 0.2) is 5.82 Å². The topological polar surface area (TPSA) is 77.2 Å². The maximum atomic E-state index is 12.1. The van der Waals surface area contributed by atoms with Crippen LogP contribution in [0.5, 0.6) is 5.75 Å². The molecule has 0 saturated heterocycles. The number of aromatic nitrogens is 1. The fourth-order valence-electron chi connectivity index (χ4n) is 1.74. The normalized spacial score (nSPS) is 10.1. The highest BCUT2D eigenvalue weighted by Gasteiger charge is 2.08. The number of nitrogens with one attached hydrogen (secondary N) is 1. The van der Waals surface area contributed by atoms with Crippen LogP contribution in [0.3, 0.4) is 0 Å². The van der Waals surface area contributed by atoms with Crippen LogP contribution in [0.4, 0.5) is 11.5 Å². The number of carbonyl (C=O) groups is 1. The minimum atomic E-state index is -0.250. The molecule has 2 rings (SSSR count). The summed E-state index contributed by atoms with van der Waals surface area (Å²) >= 11 is 0. The van der Waals surface area contributed by atoms with E-state index >= 15 is 0 Å². The van der Waals surface area contributed by atoms with Crippen LogP contribution in [0.1, 0.15) is 30.1 Å². The smallest absolute Gasteiger partial charge is 0.256 e. The van der Waals surface area contributed by atoms with Crippen molar-refractivity contribution in [1.29, 1.82) is 0 Å². The molecule has 0 radical (unpaired) electrons. The predicted molar refractivity (Wildman–Crippen MR) is 83.4 cm³/mol. The third kappa shape index (κ3) is 4.21. The molecule has 5 nitrogen and oxygen atoms in total. The number of benzene rings is 1. The lowest BCUT2D eigenvalue weighted by atomic mass is 10.2. The average molecular weight is 285 g/mol.